The summed E-state index contributed by atoms with van der Waals surface area (Å²) in [5.41, 5.74) is 4.34. The van der Waals surface area contributed by atoms with Crippen LogP contribution in [0, 0.1) is 5.41 Å². The number of ketones is 2. The van der Waals surface area contributed by atoms with Crippen molar-refractivity contribution in [2.45, 2.75) is 51.4 Å². The molecular weight excluding hydrogens is 588 g/mol. The average Bonchev–Trinajstić information content (AvgIpc) is 3.80. The molecule has 0 saturated heterocycles. The Kier molecular flexibility index (Phi) is 9.86. The maximum Gasteiger partial charge on any atom is 0.147 e. The summed E-state index contributed by atoms with van der Waals surface area (Å²) in [7, 11) is 3.30. The molecule has 240 valence electrons. The first-order chi connectivity index (χ1) is 23.0. The Morgan fingerprint density at radius 2 is 1.00 bits per heavy atom. The SMILES string of the molecule is COc1ccc(CCCC(=O)C(Cc2cccc3occc23)(Cc2cccc3occc23)C(=O)CCCc2ccc(OC)cc2)cc1. The van der Waals surface area contributed by atoms with Crippen LogP contribution < -0.4 is 9.47 Å². The van der Waals surface area contributed by atoms with Crippen molar-refractivity contribution in [3.63, 3.8) is 0 Å². The maximum absolute atomic E-state index is 14.8. The fraction of sp³-hybridized carbons (Fsp3) is 0.268. The van der Waals surface area contributed by atoms with Gasteiger partial charge in [0, 0.05) is 23.6 Å². The van der Waals surface area contributed by atoms with Crippen LogP contribution in [-0.2, 0) is 35.3 Å². The van der Waals surface area contributed by atoms with Crippen LogP contribution in [0.5, 0.6) is 11.5 Å². The Balaban J connectivity index is 1.34. The third kappa shape index (κ3) is 7.17. The van der Waals surface area contributed by atoms with Crippen molar-refractivity contribution in [2.75, 3.05) is 14.2 Å². The lowest BCUT2D eigenvalue weighted by atomic mass is 9.67. The number of aryl methyl sites for hydroxylation is 2. The third-order valence-electron chi connectivity index (χ3n) is 9.28. The zero-order valence-corrected chi connectivity index (χ0v) is 27.0. The minimum absolute atomic E-state index is 0.0264. The van der Waals surface area contributed by atoms with E-state index >= 15 is 0 Å². The molecule has 0 aliphatic rings. The highest BCUT2D eigenvalue weighted by molar-refractivity contribution is 6.08. The Morgan fingerprint density at radius 1 is 0.574 bits per heavy atom. The molecule has 0 unspecified atom stereocenters. The van der Waals surface area contributed by atoms with Gasteiger partial charge in [0.25, 0.3) is 0 Å². The number of rotatable bonds is 16. The molecule has 0 aliphatic carbocycles. The van der Waals surface area contributed by atoms with Gasteiger partial charge in [-0.05, 0) is 109 Å². The van der Waals surface area contributed by atoms with Crippen LogP contribution in [0.4, 0.5) is 0 Å². The second kappa shape index (κ2) is 14.5. The van der Waals surface area contributed by atoms with Gasteiger partial charge in [-0.3, -0.25) is 9.59 Å². The number of methoxy groups -OCH3 is 2. The lowest BCUT2D eigenvalue weighted by Gasteiger charge is -2.32. The summed E-state index contributed by atoms with van der Waals surface area (Å²) in [5.74, 6) is 1.54. The number of Topliss-reactive ketones (excluding diaryl/α,β-unsaturated/α-hetero) is 2. The van der Waals surface area contributed by atoms with Gasteiger partial charge in [0.1, 0.15) is 34.2 Å². The highest BCUT2D eigenvalue weighted by Crippen LogP contribution is 2.38. The molecule has 6 heteroatoms. The molecular formula is C41H40O6. The zero-order valence-electron chi connectivity index (χ0n) is 27.0. The summed E-state index contributed by atoms with van der Waals surface area (Å²) in [6, 6.07) is 31.4. The monoisotopic (exact) mass is 628 g/mol. The molecule has 0 N–H and O–H groups in total. The van der Waals surface area contributed by atoms with E-state index in [1.807, 2.05) is 97.1 Å². The minimum atomic E-state index is -1.27. The van der Waals surface area contributed by atoms with Gasteiger partial charge in [-0.2, -0.15) is 0 Å². The van der Waals surface area contributed by atoms with Gasteiger partial charge in [-0.1, -0.05) is 48.5 Å². The summed E-state index contributed by atoms with van der Waals surface area (Å²) in [4.78, 5) is 29.5. The number of ether oxygens (including phenoxy) is 2. The van der Waals surface area contributed by atoms with E-state index in [2.05, 4.69) is 0 Å². The quantitative estimate of drug-likeness (QED) is 0.0995. The van der Waals surface area contributed by atoms with Gasteiger partial charge < -0.3 is 18.3 Å². The summed E-state index contributed by atoms with van der Waals surface area (Å²) in [6.45, 7) is 0. The average molecular weight is 629 g/mol. The van der Waals surface area contributed by atoms with Crippen molar-refractivity contribution in [1.82, 2.24) is 0 Å². The highest BCUT2D eigenvalue weighted by Gasteiger charge is 2.45. The van der Waals surface area contributed by atoms with E-state index in [0.717, 1.165) is 68.5 Å². The predicted molar refractivity (Wildman–Crippen MR) is 184 cm³/mol. The number of fused-ring (bicyclic) bond motifs is 2. The van der Waals surface area contributed by atoms with Crippen LogP contribution in [0.25, 0.3) is 21.9 Å². The Morgan fingerprint density at radius 3 is 1.40 bits per heavy atom. The van der Waals surface area contributed by atoms with E-state index in [0.29, 0.717) is 38.5 Å². The molecule has 0 aliphatic heterocycles. The van der Waals surface area contributed by atoms with Crippen molar-refractivity contribution in [3.05, 3.63) is 132 Å². The smallest absolute Gasteiger partial charge is 0.147 e. The van der Waals surface area contributed by atoms with Gasteiger partial charge in [0.2, 0.25) is 0 Å². The lowest BCUT2D eigenvalue weighted by molar-refractivity contribution is -0.141. The fourth-order valence-electron chi connectivity index (χ4n) is 6.65. The van der Waals surface area contributed by atoms with Gasteiger partial charge in [-0.15, -0.1) is 0 Å². The summed E-state index contributed by atoms with van der Waals surface area (Å²) >= 11 is 0. The summed E-state index contributed by atoms with van der Waals surface area (Å²) < 4.78 is 22.1. The van der Waals surface area contributed by atoms with Gasteiger partial charge in [-0.25, -0.2) is 0 Å². The second-order valence-corrected chi connectivity index (χ2v) is 12.2. The van der Waals surface area contributed by atoms with Crippen LogP contribution in [0.15, 0.2) is 118 Å². The zero-order chi connectivity index (χ0) is 32.6. The Bertz CT molecular complexity index is 1800. The first-order valence-electron chi connectivity index (χ1n) is 16.2. The van der Waals surface area contributed by atoms with E-state index in [9.17, 15) is 9.59 Å². The van der Waals surface area contributed by atoms with Crippen LogP contribution in [0.2, 0.25) is 0 Å². The molecule has 4 aromatic carbocycles. The second-order valence-electron chi connectivity index (χ2n) is 12.2. The van der Waals surface area contributed by atoms with Crippen molar-refractivity contribution in [3.8, 4) is 11.5 Å². The topological polar surface area (TPSA) is 78.9 Å². The van der Waals surface area contributed by atoms with E-state index in [1.165, 1.54) is 0 Å². The Labute approximate surface area is 275 Å². The van der Waals surface area contributed by atoms with Crippen LogP contribution in [0.3, 0.4) is 0 Å². The number of furan rings is 2. The lowest BCUT2D eigenvalue weighted by Crippen LogP contribution is -2.43. The van der Waals surface area contributed by atoms with Crippen molar-refractivity contribution in [1.29, 1.82) is 0 Å². The highest BCUT2D eigenvalue weighted by atomic mass is 16.5. The van der Waals surface area contributed by atoms with Crippen LogP contribution in [-0.4, -0.2) is 25.8 Å². The first kappa shape index (κ1) is 31.9. The molecule has 0 saturated carbocycles. The number of carbonyl (C=O) groups excluding carboxylic acids is 2. The van der Waals surface area contributed by atoms with Crippen LogP contribution >= 0.6 is 0 Å². The third-order valence-corrected chi connectivity index (χ3v) is 9.28. The number of benzene rings is 4. The minimum Gasteiger partial charge on any atom is -0.497 e. The fourth-order valence-corrected chi connectivity index (χ4v) is 6.65. The van der Waals surface area contributed by atoms with E-state index in [-0.39, 0.29) is 11.6 Å². The molecule has 0 spiro atoms. The molecule has 0 fully saturated rings. The maximum atomic E-state index is 14.8. The molecule has 0 radical (unpaired) electrons. The first-order valence-corrected chi connectivity index (χ1v) is 16.2. The molecule has 2 aromatic heterocycles. The predicted octanol–water partition coefficient (Wildman–Crippen LogP) is 9.15. The van der Waals surface area contributed by atoms with Crippen molar-refractivity contribution in [2.24, 2.45) is 5.41 Å². The van der Waals surface area contributed by atoms with Gasteiger partial charge >= 0.3 is 0 Å². The van der Waals surface area contributed by atoms with E-state index in [4.69, 9.17) is 18.3 Å². The molecule has 0 atom stereocenters. The van der Waals surface area contributed by atoms with Crippen molar-refractivity contribution < 1.29 is 27.9 Å². The molecule has 6 rings (SSSR count). The molecule has 2 heterocycles. The number of hydrogen-bond acceptors (Lipinski definition) is 6. The largest absolute Gasteiger partial charge is 0.497 e. The normalized spacial score (nSPS) is 11.6. The number of carbonyl (C=O) groups is 2. The molecule has 47 heavy (non-hydrogen) atoms. The Hall–Kier alpha value is -5.10. The molecule has 6 aromatic rings. The summed E-state index contributed by atoms with van der Waals surface area (Å²) in [6.07, 6.45) is 7.22. The van der Waals surface area contributed by atoms with E-state index in [1.54, 1.807) is 26.7 Å². The summed E-state index contributed by atoms with van der Waals surface area (Å²) in [5, 5.41) is 1.85. The standard InChI is InChI=1S/C41H40O6/c1-44-33-19-15-29(16-20-33)7-3-13-39(42)41(27-31-9-5-11-37-35(31)23-25-46-37,28-32-10-6-12-38-36(32)24-26-47-38)40(43)14-4-8-30-17-21-34(45-2)22-18-30/h5-6,9-12,15-26H,3-4,7-8,13-14,27-28H2,1-2H3. The van der Waals surface area contributed by atoms with E-state index < -0.39 is 5.41 Å². The molecule has 6 nitrogen and oxygen atoms in total. The number of hydrogen-bond donors (Lipinski definition) is 0. The molecule has 0 bridgehead atoms. The van der Waals surface area contributed by atoms with Crippen molar-refractivity contribution >= 4 is 33.5 Å². The van der Waals surface area contributed by atoms with Crippen LogP contribution in [0.1, 0.15) is 47.9 Å². The molecule has 0 amide bonds. The van der Waals surface area contributed by atoms with Gasteiger partial charge in [0.15, 0.2) is 0 Å². The van der Waals surface area contributed by atoms with Gasteiger partial charge in [0.05, 0.1) is 32.2 Å².